The minimum atomic E-state index is -1.27. The Morgan fingerprint density at radius 3 is 2.72 bits per heavy atom. The fourth-order valence-electron chi connectivity index (χ4n) is 2.49. The van der Waals surface area contributed by atoms with E-state index in [0.717, 1.165) is 16.7 Å². The lowest BCUT2D eigenvalue weighted by Gasteiger charge is -2.36. The maximum absolute atomic E-state index is 12.9. The van der Waals surface area contributed by atoms with Gasteiger partial charge >= 0.3 is 6.09 Å². The molecule has 0 aromatic carbocycles. The summed E-state index contributed by atoms with van der Waals surface area (Å²) in [5.74, 6) is 0. The maximum atomic E-state index is 12.9. The number of thioether (sulfide) groups is 1. The molecule has 0 aliphatic carbocycles. The van der Waals surface area contributed by atoms with E-state index in [0.29, 0.717) is 0 Å². The first-order valence-corrected chi connectivity index (χ1v) is 8.67. The summed E-state index contributed by atoms with van der Waals surface area (Å²) < 4.78 is 23.7. The summed E-state index contributed by atoms with van der Waals surface area (Å²) in [6.07, 6.45) is -3.01. The van der Waals surface area contributed by atoms with Gasteiger partial charge in [-0.3, -0.25) is 9.89 Å². The van der Waals surface area contributed by atoms with Crippen LogP contribution in [0.25, 0.3) is 0 Å². The lowest BCUT2D eigenvalue weighted by molar-refractivity contribution is -0.101. The number of carbonyl (C=O) groups excluding carboxylic acids is 1. The maximum Gasteiger partial charge on any atom is 0.416 e. The highest BCUT2D eigenvalue weighted by molar-refractivity contribution is 8.14. The number of aliphatic hydroxyl groups is 2. The molecule has 2 aliphatic heterocycles. The van der Waals surface area contributed by atoms with Crippen molar-refractivity contribution in [3.8, 4) is 0 Å². The molecule has 2 aliphatic rings. The molecule has 0 aromatic heterocycles. The zero-order valence-corrected chi connectivity index (χ0v) is 15.0. The van der Waals surface area contributed by atoms with Crippen LogP contribution in [0.15, 0.2) is 10.2 Å². The molecule has 0 radical (unpaired) electrons. The van der Waals surface area contributed by atoms with Crippen molar-refractivity contribution in [2.24, 2.45) is 10.2 Å². The van der Waals surface area contributed by atoms with Crippen molar-refractivity contribution in [1.82, 2.24) is 4.90 Å². The van der Waals surface area contributed by atoms with E-state index in [1.165, 1.54) is 0 Å². The molecule has 0 unspecified atom stereocenters. The van der Waals surface area contributed by atoms with Crippen LogP contribution in [-0.4, -0.2) is 81.5 Å². The van der Waals surface area contributed by atoms with Crippen LogP contribution < -0.4 is 0 Å². The zero-order valence-electron chi connectivity index (χ0n) is 14.2. The molecule has 0 bridgehead atoms. The first kappa shape index (κ1) is 20.0. The quantitative estimate of drug-likeness (QED) is 0.695. The number of halogens is 1. The number of hydrogen-bond donors (Lipinski definition) is 2. The van der Waals surface area contributed by atoms with Gasteiger partial charge in [0.2, 0.25) is 0 Å². The number of hydrogen-bond acceptors (Lipinski definition) is 9. The third-order valence-corrected chi connectivity index (χ3v) is 4.76. The molecule has 5 atom stereocenters. The molecule has 2 rings (SSSR count). The Labute approximate surface area is 148 Å². The number of amides is 1. The molecule has 142 valence electrons. The minimum absolute atomic E-state index is 0.129. The number of ether oxygens (including phenoxy) is 2. The summed E-state index contributed by atoms with van der Waals surface area (Å²) in [4.78, 5) is 28.5. The summed E-state index contributed by atoms with van der Waals surface area (Å²) in [7, 11) is 0. The predicted octanol–water partition coefficient (Wildman–Crippen LogP) is 0.877. The summed E-state index contributed by atoms with van der Waals surface area (Å²) in [5.41, 5.74) is -1.49. The molecule has 1 fully saturated rings. The molecule has 0 aromatic rings. The van der Waals surface area contributed by atoms with Crippen LogP contribution in [0.1, 0.15) is 20.8 Å². The van der Waals surface area contributed by atoms with E-state index in [1.54, 1.807) is 20.8 Å². The fourth-order valence-corrected chi connectivity index (χ4v) is 3.74. The number of aliphatic hydroxyl groups excluding tert-OH is 2. The van der Waals surface area contributed by atoms with Crippen molar-refractivity contribution in [2.45, 2.75) is 56.1 Å². The molecule has 25 heavy (non-hydrogen) atoms. The predicted molar refractivity (Wildman–Crippen MR) is 89.1 cm³/mol. The number of fused-ring (bicyclic) bond motifs is 1. The second-order valence-electron chi connectivity index (χ2n) is 6.65. The Hall–Kier alpha value is -1.30. The number of aliphatic imine (C=N–C) groups is 1. The monoisotopic (exact) mass is 379 g/mol. The molecule has 2 N–H and O–H groups in total. The first-order valence-electron chi connectivity index (χ1n) is 7.79. The molecular weight excluding hydrogens is 357 g/mol. The van der Waals surface area contributed by atoms with E-state index < -0.39 is 54.7 Å². The van der Waals surface area contributed by atoms with Crippen LogP contribution in [0.4, 0.5) is 9.18 Å². The van der Waals surface area contributed by atoms with Gasteiger partial charge in [0.25, 0.3) is 0 Å². The second kappa shape index (κ2) is 7.94. The molecule has 2 heterocycles. The number of nitrogens with zero attached hydrogens (tertiary/aromatic N) is 3. The van der Waals surface area contributed by atoms with Crippen LogP contribution >= 0.6 is 11.8 Å². The SMILES string of the molecule is CC(C)(C)OC(=O)N(CCF)C1=N[C@@H]2[C@@H](O)[C@H](N=O)[C@@H](CO)O[C@@H]2S1. The van der Waals surface area contributed by atoms with Crippen LogP contribution in [0.5, 0.6) is 0 Å². The van der Waals surface area contributed by atoms with Gasteiger partial charge in [0.15, 0.2) is 5.17 Å². The summed E-state index contributed by atoms with van der Waals surface area (Å²) in [5, 5.41) is 22.5. The normalized spacial score (nSPS) is 31.9. The molecule has 0 saturated carbocycles. The second-order valence-corrected chi connectivity index (χ2v) is 7.72. The van der Waals surface area contributed by atoms with E-state index in [-0.39, 0.29) is 11.7 Å². The van der Waals surface area contributed by atoms with E-state index in [9.17, 15) is 24.3 Å². The highest BCUT2D eigenvalue weighted by Gasteiger charge is 2.50. The molecule has 11 heteroatoms. The van der Waals surface area contributed by atoms with Crippen LogP contribution in [-0.2, 0) is 9.47 Å². The smallest absolute Gasteiger partial charge is 0.416 e. The lowest BCUT2D eigenvalue weighted by Crippen LogP contribution is -2.54. The average molecular weight is 379 g/mol. The Morgan fingerprint density at radius 2 is 2.20 bits per heavy atom. The Morgan fingerprint density at radius 1 is 1.52 bits per heavy atom. The van der Waals surface area contributed by atoms with Gasteiger partial charge in [-0.2, -0.15) is 4.91 Å². The van der Waals surface area contributed by atoms with Crippen molar-refractivity contribution in [2.75, 3.05) is 19.8 Å². The van der Waals surface area contributed by atoms with E-state index in [2.05, 4.69) is 10.2 Å². The molecular formula is C14H22FN3O6S. The van der Waals surface area contributed by atoms with E-state index in [4.69, 9.17) is 9.47 Å². The topological polar surface area (TPSA) is 121 Å². The standard InChI is InChI=1S/C14H22FN3O6S/c1-14(2,3)24-13(21)18(5-4-15)12-16-9-10(20)8(17-22)7(6-19)23-11(9)25-12/h7-11,19-20H,4-6H2,1-3H3/t7-,8-,9-,10+,11-/m1/s1. The Kier molecular flexibility index (Phi) is 6.35. The Bertz CT molecular complexity index is 543. The molecule has 1 amide bonds. The van der Waals surface area contributed by atoms with Crippen molar-refractivity contribution in [3.05, 3.63) is 4.91 Å². The number of amidine groups is 1. The van der Waals surface area contributed by atoms with E-state index in [1.807, 2.05) is 0 Å². The van der Waals surface area contributed by atoms with Crippen molar-refractivity contribution >= 4 is 23.0 Å². The summed E-state index contributed by atoms with van der Waals surface area (Å²) >= 11 is 1.00. The highest BCUT2D eigenvalue weighted by atomic mass is 32.2. The summed E-state index contributed by atoms with van der Waals surface area (Å²) in [6.45, 7) is 3.47. The third-order valence-electron chi connectivity index (χ3n) is 3.60. The number of alkyl halides is 1. The van der Waals surface area contributed by atoms with Crippen molar-refractivity contribution < 1.29 is 28.9 Å². The van der Waals surface area contributed by atoms with Gasteiger partial charge < -0.3 is 19.7 Å². The van der Waals surface area contributed by atoms with Crippen LogP contribution in [0.3, 0.4) is 0 Å². The van der Waals surface area contributed by atoms with Gasteiger partial charge in [-0.25, -0.2) is 9.18 Å². The average Bonchev–Trinajstić information content (AvgIpc) is 2.94. The minimum Gasteiger partial charge on any atom is -0.443 e. The van der Waals surface area contributed by atoms with Gasteiger partial charge in [0, 0.05) is 0 Å². The lowest BCUT2D eigenvalue weighted by atomic mass is 9.97. The van der Waals surface area contributed by atoms with Gasteiger partial charge in [-0.1, -0.05) is 16.9 Å². The molecule has 0 spiro atoms. The van der Waals surface area contributed by atoms with Gasteiger partial charge in [0.1, 0.15) is 42.0 Å². The van der Waals surface area contributed by atoms with Gasteiger partial charge in [0.05, 0.1) is 13.2 Å². The first-order chi connectivity index (χ1) is 11.7. The van der Waals surface area contributed by atoms with Gasteiger partial charge in [-0.15, -0.1) is 0 Å². The van der Waals surface area contributed by atoms with Crippen molar-refractivity contribution in [3.63, 3.8) is 0 Å². The van der Waals surface area contributed by atoms with Crippen molar-refractivity contribution in [1.29, 1.82) is 0 Å². The van der Waals surface area contributed by atoms with E-state index >= 15 is 0 Å². The molecule has 1 saturated heterocycles. The van der Waals surface area contributed by atoms with Crippen LogP contribution in [0, 0.1) is 4.91 Å². The summed E-state index contributed by atoms with van der Waals surface area (Å²) in [6, 6.07) is -2.03. The number of carbonyl (C=O) groups is 1. The highest BCUT2D eigenvalue weighted by Crippen LogP contribution is 2.38. The Balaban J connectivity index is 2.20. The largest absolute Gasteiger partial charge is 0.443 e. The molecule has 9 nitrogen and oxygen atoms in total. The zero-order chi connectivity index (χ0) is 18.8. The number of rotatable bonds is 4. The fraction of sp³-hybridized carbons (Fsp3) is 0.857. The number of nitroso groups, excluding NO2 is 1. The van der Waals surface area contributed by atoms with Crippen LogP contribution in [0.2, 0.25) is 0 Å². The third kappa shape index (κ3) is 4.46. The van der Waals surface area contributed by atoms with Gasteiger partial charge in [-0.05, 0) is 20.8 Å².